The summed E-state index contributed by atoms with van der Waals surface area (Å²) in [6.45, 7) is 9.37. The monoisotopic (exact) mass is 255 g/mol. The van der Waals surface area contributed by atoms with E-state index in [1.54, 1.807) is 0 Å². The maximum Gasteiger partial charge on any atom is 0.133 e. The maximum absolute atomic E-state index is 3.68. The van der Waals surface area contributed by atoms with Crippen molar-refractivity contribution in [2.24, 2.45) is 0 Å². The van der Waals surface area contributed by atoms with E-state index in [9.17, 15) is 0 Å². The minimum absolute atomic E-state index is 0.463. The first-order valence-electron chi connectivity index (χ1n) is 6.96. The van der Waals surface area contributed by atoms with Crippen molar-refractivity contribution in [1.29, 1.82) is 0 Å². The number of nitrogens with zero attached hydrogens (tertiary/aromatic N) is 2. The molecule has 2 rings (SSSR count). The molecule has 1 atom stereocenters. The summed E-state index contributed by atoms with van der Waals surface area (Å²) < 4.78 is 0. The van der Waals surface area contributed by atoms with Crippen molar-refractivity contribution in [1.82, 2.24) is 15.1 Å². The normalized spacial score (nSPS) is 24.3. The molecule has 0 radical (unpaired) electrons. The molecule has 0 aliphatic carbocycles. The molecule has 3 nitrogen and oxygen atoms in total. The van der Waals surface area contributed by atoms with Crippen molar-refractivity contribution in [2.45, 2.75) is 45.0 Å². The van der Waals surface area contributed by atoms with Crippen molar-refractivity contribution in [2.75, 3.05) is 26.2 Å². The zero-order chi connectivity index (χ0) is 12.1. The topological polar surface area (TPSA) is 18.5 Å². The van der Waals surface area contributed by atoms with Crippen molar-refractivity contribution in [3.63, 3.8) is 0 Å². The van der Waals surface area contributed by atoms with E-state index in [2.05, 4.69) is 34.4 Å². The Morgan fingerprint density at radius 2 is 1.94 bits per heavy atom. The van der Waals surface area contributed by atoms with Crippen LogP contribution in [0.1, 0.15) is 39.5 Å². The van der Waals surface area contributed by atoms with E-state index in [1.807, 2.05) is 11.8 Å². The largest absolute Gasteiger partial charge is 0.358 e. The summed E-state index contributed by atoms with van der Waals surface area (Å²) in [7, 11) is 0. The molecule has 1 N–H and O–H groups in total. The molecular formula is C13H25N3S. The number of hydrogen-bond acceptors (Lipinski definition) is 4. The smallest absolute Gasteiger partial charge is 0.133 e. The summed E-state index contributed by atoms with van der Waals surface area (Å²) in [5.74, 6) is 1.36. The molecule has 0 spiro atoms. The highest BCUT2D eigenvalue weighted by atomic mass is 32.2. The quantitative estimate of drug-likeness (QED) is 0.786. The van der Waals surface area contributed by atoms with E-state index in [0.717, 1.165) is 0 Å². The molecule has 0 aromatic rings. The van der Waals surface area contributed by atoms with Gasteiger partial charge < -0.3 is 10.2 Å². The van der Waals surface area contributed by atoms with Crippen LogP contribution in [0.3, 0.4) is 0 Å². The van der Waals surface area contributed by atoms with Crippen molar-refractivity contribution in [3.8, 4) is 0 Å². The Morgan fingerprint density at radius 1 is 1.29 bits per heavy atom. The SMILES string of the molecule is CCCN(CCC)C1NC(N2CCCC2)=CS1. The second kappa shape index (κ2) is 6.55. The zero-order valence-electron chi connectivity index (χ0n) is 11.1. The molecule has 17 heavy (non-hydrogen) atoms. The van der Waals surface area contributed by atoms with E-state index in [1.165, 1.54) is 57.7 Å². The Kier molecular flexibility index (Phi) is 5.04. The van der Waals surface area contributed by atoms with Crippen LogP contribution >= 0.6 is 11.8 Å². The molecule has 0 aromatic heterocycles. The molecule has 0 bridgehead atoms. The Morgan fingerprint density at radius 3 is 2.53 bits per heavy atom. The van der Waals surface area contributed by atoms with E-state index >= 15 is 0 Å². The Bertz CT molecular complexity index is 255. The van der Waals surface area contributed by atoms with E-state index < -0.39 is 0 Å². The fourth-order valence-corrected chi connectivity index (χ4v) is 3.59. The van der Waals surface area contributed by atoms with Gasteiger partial charge in [-0.3, -0.25) is 4.90 Å². The van der Waals surface area contributed by atoms with Gasteiger partial charge >= 0.3 is 0 Å². The van der Waals surface area contributed by atoms with Gasteiger partial charge in [0.1, 0.15) is 11.3 Å². The van der Waals surface area contributed by atoms with Gasteiger partial charge in [-0.05, 0) is 25.7 Å². The standard InChI is InChI=1S/C13H25N3S/c1-3-7-16(8-4-2)13-14-12(11-17-13)15-9-5-6-10-15/h11,13-14H,3-10H2,1-2H3. The van der Waals surface area contributed by atoms with Crippen LogP contribution in [0.25, 0.3) is 0 Å². The third kappa shape index (κ3) is 3.32. The average molecular weight is 255 g/mol. The number of rotatable bonds is 6. The van der Waals surface area contributed by atoms with Gasteiger partial charge in [0.25, 0.3) is 0 Å². The number of hydrogen-bond donors (Lipinski definition) is 1. The molecule has 2 heterocycles. The highest BCUT2D eigenvalue weighted by molar-refractivity contribution is 8.02. The average Bonchev–Trinajstić information content (AvgIpc) is 2.99. The van der Waals surface area contributed by atoms with Crippen molar-refractivity contribution >= 4 is 11.8 Å². The summed E-state index contributed by atoms with van der Waals surface area (Å²) in [5.41, 5.74) is 0.463. The van der Waals surface area contributed by atoms with Crippen LogP contribution in [0.4, 0.5) is 0 Å². The first kappa shape index (κ1) is 13.1. The molecular weight excluding hydrogens is 230 g/mol. The number of nitrogens with one attached hydrogen (secondary N) is 1. The molecule has 1 fully saturated rings. The lowest BCUT2D eigenvalue weighted by Gasteiger charge is -2.29. The second-order valence-corrected chi connectivity index (χ2v) is 5.82. The van der Waals surface area contributed by atoms with Gasteiger partial charge in [-0.1, -0.05) is 25.6 Å². The lowest BCUT2D eigenvalue weighted by molar-refractivity contribution is 0.227. The number of thioether (sulfide) groups is 1. The van der Waals surface area contributed by atoms with E-state index in [-0.39, 0.29) is 0 Å². The van der Waals surface area contributed by atoms with Gasteiger partial charge in [-0.15, -0.1) is 0 Å². The lowest BCUT2D eigenvalue weighted by atomic mass is 10.4. The molecule has 2 aliphatic rings. The maximum atomic E-state index is 3.68. The van der Waals surface area contributed by atoms with Gasteiger partial charge in [0.15, 0.2) is 0 Å². The Balaban J connectivity index is 1.84. The molecule has 98 valence electrons. The van der Waals surface area contributed by atoms with Crippen LogP contribution < -0.4 is 5.32 Å². The van der Waals surface area contributed by atoms with Crippen molar-refractivity contribution in [3.05, 3.63) is 11.2 Å². The third-order valence-electron chi connectivity index (χ3n) is 3.38. The van der Waals surface area contributed by atoms with Gasteiger partial charge in [0, 0.05) is 31.6 Å². The lowest BCUT2D eigenvalue weighted by Crippen LogP contribution is -2.43. The van der Waals surface area contributed by atoms with Gasteiger partial charge in [0.05, 0.1) is 0 Å². The van der Waals surface area contributed by atoms with Gasteiger partial charge in [0.2, 0.25) is 0 Å². The van der Waals surface area contributed by atoms with Crippen LogP contribution in [0, 0.1) is 0 Å². The van der Waals surface area contributed by atoms with Crippen LogP contribution in [-0.4, -0.2) is 41.5 Å². The predicted molar refractivity (Wildman–Crippen MR) is 75.6 cm³/mol. The molecule has 1 saturated heterocycles. The zero-order valence-corrected chi connectivity index (χ0v) is 11.9. The van der Waals surface area contributed by atoms with Gasteiger partial charge in [-0.2, -0.15) is 0 Å². The predicted octanol–water partition coefficient (Wildman–Crippen LogP) is 2.62. The fourth-order valence-electron chi connectivity index (χ4n) is 2.55. The van der Waals surface area contributed by atoms with E-state index in [0.29, 0.717) is 5.50 Å². The third-order valence-corrected chi connectivity index (χ3v) is 4.41. The highest BCUT2D eigenvalue weighted by Gasteiger charge is 2.26. The first-order valence-corrected chi connectivity index (χ1v) is 7.90. The fraction of sp³-hybridized carbons (Fsp3) is 0.846. The Hall–Kier alpha value is -0.350. The van der Waals surface area contributed by atoms with Gasteiger partial charge in [-0.25, -0.2) is 0 Å². The summed E-state index contributed by atoms with van der Waals surface area (Å²) in [6.07, 6.45) is 5.17. The van der Waals surface area contributed by atoms with Crippen LogP contribution in [0.2, 0.25) is 0 Å². The number of likely N-dealkylation sites (tertiary alicyclic amines) is 1. The van der Waals surface area contributed by atoms with E-state index in [4.69, 9.17) is 0 Å². The summed E-state index contributed by atoms with van der Waals surface area (Å²) in [5, 5.41) is 5.99. The molecule has 1 unspecified atom stereocenters. The summed E-state index contributed by atoms with van der Waals surface area (Å²) >= 11 is 1.94. The molecule has 0 aromatic carbocycles. The Labute approximate surface area is 110 Å². The second-order valence-electron chi connectivity index (χ2n) is 4.87. The molecule has 2 aliphatic heterocycles. The highest BCUT2D eigenvalue weighted by Crippen LogP contribution is 2.27. The molecule has 0 amide bonds. The summed E-state index contributed by atoms with van der Waals surface area (Å²) in [6, 6.07) is 0. The van der Waals surface area contributed by atoms with Crippen LogP contribution in [0.5, 0.6) is 0 Å². The van der Waals surface area contributed by atoms with Crippen molar-refractivity contribution < 1.29 is 0 Å². The first-order chi connectivity index (χ1) is 8.35. The van der Waals surface area contributed by atoms with Crippen LogP contribution in [-0.2, 0) is 0 Å². The summed E-state index contributed by atoms with van der Waals surface area (Å²) in [4.78, 5) is 5.05. The minimum atomic E-state index is 0.463. The molecule has 4 heteroatoms. The molecule has 0 saturated carbocycles. The van der Waals surface area contributed by atoms with Crippen LogP contribution in [0.15, 0.2) is 11.2 Å². The minimum Gasteiger partial charge on any atom is -0.358 e.